The van der Waals surface area contributed by atoms with Gasteiger partial charge in [0.2, 0.25) is 0 Å². The molecule has 0 saturated carbocycles. The van der Waals surface area contributed by atoms with Crippen LogP contribution in [-0.4, -0.2) is 9.55 Å². The van der Waals surface area contributed by atoms with E-state index in [1.807, 2.05) is 23.2 Å². The number of aromatic nitrogens is 2. The van der Waals surface area contributed by atoms with Gasteiger partial charge in [0.15, 0.2) is 0 Å². The summed E-state index contributed by atoms with van der Waals surface area (Å²) in [6.07, 6.45) is 4.60. The van der Waals surface area contributed by atoms with Crippen molar-refractivity contribution in [2.45, 2.75) is 19.9 Å². The Morgan fingerprint density at radius 2 is 2.25 bits per heavy atom. The number of aryl methyl sites for hydroxylation is 1. The maximum Gasteiger partial charge on any atom is 0.0994 e. The third kappa shape index (κ3) is 2.03. The zero-order valence-corrected chi connectivity index (χ0v) is 10.7. The fourth-order valence-electron chi connectivity index (χ4n) is 1.76. The van der Waals surface area contributed by atoms with E-state index in [9.17, 15) is 0 Å². The Balaban J connectivity index is 2.55. The van der Waals surface area contributed by atoms with Crippen molar-refractivity contribution in [3.8, 4) is 5.69 Å². The smallest absolute Gasteiger partial charge is 0.0994 e. The van der Waals surface area contributed by atoms with Crippen LogP contribution in [0.15, 0.2) is 35.2 Å². The van der Waals surface area contributed by atoms with Crippen LogP contribution >= 0.6 is 15.9 Å². The van der Waals surface area contributed by atoms with Gasteiger partial charge in [0.1, 0.15) is 0 Å². The van der Waals surface area contributed by atoms with Gasteiger partial charge in [-0.15, -0.1) is 0 Å². The van der Waals surface area contributed by atoms with Crippen LogP contribution in [-0.2, 0) is 13.0 Å². The minimum atomic E-state index is 0.499. The first-order valence-corrected chi connectivity index (χ1v) is 6.05. The summed E-state index contributed by atoms with van der Waals surface area (Å²) in [5.41, 5.74) is 9.14. The lowest BCUT2D eigenvalue weighted by molar-refractivity contribution is 0.895. The average molecular weight is 280 g/mol. The maximum absolute atomic E-state index is 5.68. The molecule has 84 valence electrons. The first-order valence-electron chi connectivity index (χ1n) is 5.26. The van der Waals surface area contributed by atoms with Crippen LogP contribution in [0.25, 0.3) is 5.69 Å². The largest absolute Gasteiger partial charge is 0.325 e. The highest BCUT2D eigenvalue weighted by molar-refractivity contribution is 9.10. The van der Waals surface area contributed by atoms with Gasteiger partial charge in [-0.3, -0.25) is 0 Å². The van der Waals surface area contributed by atoms with E-state index in [-0.39, 0.29) is 0 Å². The molecular formula is C12H14BrN3. The predicted molar refractivity (Wildman–Crippen MR) is 68.5 cm³/mol. The first-order chi connectivity index (χ1) is 7.76. The van der Waals surface area contributed by atoms with Gasteiger partial charge in [-0.25, -0.2) is 4.98 Å². The first kappa shape index (κ1) is 11.4. The van der Waals surface area contributed by atoms with Gasteiger partial charge < -0.3 is 10.3 Å². The molecule has 1 aromatic carbocycles. The fraction of sp³-hybridized carbons (Fsp3) is 0.250. The van der Waals surface area contributed by atoms with Crippen LogP contribution in [0.3, 0.4) is 0 Å². The Labute approximate surface area is 103 Å². The van der Waals surface area contributed by atoms with Crippen molar-refractivity contribution < 1.29 is 0 Å². The Morgan fingerprint density at radius 3 is 2.94 bits per heavy atom. The second-order valence-corrected chi connectivity index (χ2v) is 4.50. The molecule has 0 bridgehead atoms. The SMILES string of the molecule is CCc1cc(Br)ccc1-n1cncc1CN. The molecule has 2 rings (SSSR count). The molecule has 1 aromatic heterocycles. The molecule has 0 aliphatic carbocycles. The van der Waals surface area contributed by atoms with Gasteiger partial charge in [0.05, 0.1) is 17.7 Å². The second-order valence-electron chi connectivity index (χ2n) is 3.59. The topological polar surface area (TPSA) is 43.8 Å². The van der Waals surface area contributed by atoms with Crippen LogP contribution in [0.1, 0.15) is 18.2 Å². The number of hydrogen-bond donors (Lipinski definition) is 1. The molecule has 3 nitrogen and oxygen atoms in total. The highest BCUT2D eigenvalue weighted by atomic mass is 79.9. The van der Waals surface area contributed by atoms with Gasteiger partial charge in [0.25, 0.3) is 0 Å². The summed E-state index contributed by atoms with van der Waals surface area (Å²) in [6, 6.07) is 6.26. The third-order valence-electron chi connectivity index (χ3n) is 2.61. The Bertz CT molecular complexity index is 491. The summed E-state index contributed by atoms with van der Waals surface area (Å²) < 4.78 is 3.15. The van der Waals surface area contributed by atoms with Crippen molar-refractivity contribution in [2.24, 2.45) is 5.73 Å². The monoisotopic (exact) mass is 279 g/mol. The molecule has 0 radical (unpaired) electrons. The van der Waals surface area contributed by atoms with Crippen LogP contribution < -0.4 is 5.73 Å². The van der Waals surface area contributed by atoms with Crippen LogP contribution in [0.5, 0.6) is 0 Å². The van der Waals surface area contributed by atoms with E-state index in [1.54, 1.807) is 0 Å². The molecule has 0 spiro atoms. The molecule has 4 heteroatoms. The fourth-order valence-corrected chi connectivity index (χ4v) is 2.17. The van der Waals surface area contributed by atoms with Crippen molar-refractivity contribution in [3.05, 3.63) is 46.5 Å². The molecule has 0 amide bonds. The zero-order valence-electron chi connectivity index (χ0n) is 9.15. The van der Waals surface area contributed by atoms with Crippen molar-refractivity contribution in [1.29, 1.82) is 0 Å². The molecule has 2 aromatic rings. The molecule has 1 heterocycles. The van der Waals surface area contributed by atoms with E-state index in [1.165, 1.54) is 5.56 Å². The van der Waals surface area contributed by atoms with Gasteiger partial charge in [-0.05, 0) is 30.2 Å². The van der Waals surface area contributed by atoms with Crippen LogP contribution in [0, 0.1) is 0 Å². The molecule has 0 aliphatic rings. The van der Waals surface area contributed by atoms with E-state index < -0.39 is 0 Å². The molecule has 16 heavy (non-hydrogen) atoms. The van der Waals surface area contributed by atoms with Crippen molar-refractivity contribution in [3.63, 3.8) is 0 Å². The molecular weight excluding hydrogens is 266 g/mol. The minimum Gasteiger partial charge on any atom is -0.325 e. The standard InChI is InChI=1S/C12H14BrN3/c1-2-9-5-10(13)3-4-12(9)16-8-15-7-11(16)6-14/h3-5,7-8H,2,6,14H2,1H3. The lowest BCUT2D eigenvalue weighted by Gasteiger charge is -2.11. The second kappa shape index (κ2) is 4.80. The lowest BCUT2D eigenvalue weighted by Crippen LogP contribution is -2.06. The predicted octanol–water partition coefficient (Wildman–Crippen LogP) is 2.66. The van der Waals surface area contributed by atoms with Gasteiger partial charge in [0, 0.05) is 17.2 Å². The Hall–Kier alpha value is -1.13. The maximum atomic E-state index is 5.68. The number of hydrogen-bond acceptors (Lipinski definition) is 2. The third-order valence-corrected chi connectivity index (χ3v) is 3.10. The average Bonchev–Trinajstić information content (AvgIpc) is 2.76. The highest BCUT2D eigenvalue weighted by Crippen LogP contribution is 2.21. The van der Waals surface area contributed by atoms with E-state index in [2.05, 4.69) is 40.0 Å². The van der Waals surface area contributed by atoms with Crippen molar-refractivity contribution in [2.75, 3.05) is 0 Å². The van der Waals surface area contributed by atoms with Gasteiger partial charge in [-0.1, -0.05) is 22.9 Å². The van der Waals surface area contributed by atoms with Crippen LogP contribution in [0.4, 0.5) is 0 Å². The molecule has 2 N–H and O–H groups in total. The summed E-state index contributed by atoms with van der Waals surface area (Å²) in [7, 11) is 0. The quantitative estimate of drug-likeness (QED) is 0.939. The minimum absolute atomic E-state index is 0.499. The van der Waals surface area contributed by atoms with Crippen molar-refractivity contribution >= 4 is 15.9 Å². The Morgan fingerprint density at radius 1 is 1.44 bits per heavy atom. The molecule has 0 saturated heterocycles. The summed E-state index contributed by atoms with van der Waals surface area (Å²) in [5, 5.41) is 0. The summed E-state index contributed by atoms with van der Waals surface area (Å²) >= 11 is 3.49. The van der Waals surface area contributed by atoms with Gasteiger partial charge in [-0.2, -0.15) is 0 Å². The van der Waals surface area contributed by atoms with Crippen molar-refractivity contribution in [1.82, 2.24) is 9.55 Å². The number of rotatable bonds is 3. The highest BCUT2D eigenvalue weighted by Gasteiger charge is 2.07. The van der Waals surface area contributed by atoms with Gasteiger partial charge >= 0.3 is 0 Å². The number of imidazole rings is 1. The summed E-state index contributed by atoms with van der Waals surface area (Å²) in [4.78, 5) is 4.14. The molecule has 0 fully saturated rings. The molecule has 0 aliphatic heterocycles. The molecule has 0 atom stereocenters. The zero-order chi connectivity index (χ0) is 11.5. The Kier molecular flexibility index (Phi) is 3.41. The van der Waals surface area contributed by atoms with E-state index in [0.717, 1.165) is 22.3 Å². The van der Waals surface area contributed by atoms with E-state index in [4.69, 9.17) is 5.73 Å². The number of halogens is 1. The van der Waals surface area contributed by atoms with E-state index in [0.29, 0.717) is 6.54 Å². The number of nitrogens with two attached hydrogens (primary N) is 1. The molecule has 0 unspecified atom stereocenters. The summed E-state index contributed by atoms with van der Waals surface area (Å²) in [5.74, 6) is 0. The number of benzene rings is 1. The lowest BCUT2D eigenvalue weighted by atomic mass is 10.1. The normalized spacial score (nSPS) is 10.7. The summed E-state index contributed by atoms with van der Waals surface area (Å²) in [6.45, 7) is 2.64. The number of nitrogens with zero attached hydrogens (tertiary/aromatic N) is 2. The van der Waals surface area contributed by atoms with E-state index >= 15 is 0 Å². The van der Waals surface area contributed by atoms with Crippen LogP contribution in [0.2, 0.25) is 0 Å².